The molecule has 8 heteroatoms. The lowest BCUT2D eigenvalue weighted by molar-refractivity contribution is -0.139. The second-order valence-electron chi connectivity index (χ2n) is 4.70. The molecule has 0 unspecified atom stereocenters. The summed E-state index contributed by atoms with van der Waals surface area (Å²) >= 11 is 0. The lowest BCUT2D eigenvalue weighted by Gasteiger charge is -2.11. The lowest BCUT2D eigenvalue weighted by atomic mass is 10.2. The Morgan fingerprint density at radius 1 is 1.20 bits per heavy atom. The molecule has 2 atom stereocenters. The van der Waals surface area contributed by atoms with Crippen LogP contribution in [0.5, 0.6) is 0 Å². The van der Waals surface area contributed by atoms with E-state index in [1.165, 1.54) is 6.07 Å². The van der Waals surface area contributed by atoms with Crippen LogP contribution in [0.4, 0.5) is 11.4 Å². The van der Waals surface area contributed by atoms with Crippen molar-refractivity contribution in [2.75, 3.05) is 16.3 Å². The summed E-state index contributed by atoms with van der Waals surface area (Å²) in [5, 5.41) is 11.3. The zero-order valence-corrected chi connectivity index (χ0v) is 11.5. The van der Waals surface area contributed by atoms with E-state index in [1.807, 2.05) is 0 Å². The Hall–Kier alpha value is -2.09. The van der Waals surface area contributed by atoms with Gasteiger partial charge in [-0.1, -0.05) is 12.1 Å². The van der Waals surface area contributed by atoms with Crippen LogP contribution in [0.1, 0.15) is 6.42 Å². The predicted octanol–water partition coefficient (Wildman–Crippen LogP) is 0.717. The maximum Gasteiger partial charge on any atom is 0.307 e. The van der Waals surface area contributed by atoms with Gasteiger partial charge in [-0.05, 0) is 18.6 Å². The Kier molecular flexibility index (Phi) is 3.67. The number of carbonyl (C=O) groups is 2. The van der Waals surface area contributed by atoms with Crippen molar-refractivity contribution in [3.05, 3.63) is 24.3 Å². The maximum atomic E-state index is 11.9. The number of benzene rings is 1. The molecule has 1 aromatic carbocycles. The molecule has 108 valence electrons. The standard InChI is InChI=1S/C12H14N2O5S/c1-20(18,19)14-10-5-3-2-4-9(10)13-11(15)7-6-8(7)12(16)17/h2-5,7-8,14H,6H2,1H3,(H,13,15)(H,16,17)/t7-,8-/m1/s1. The van der Waals surface area contributed by atoms with Gasteiger partial charge in [0, 0.05) is 0 Å². The van der Waals surface area contributed by atoms with Gasteiger partial charge in [-0.2, -0.15) is 0 Å². The zero-order valence-electron chi connectivity index (χ0n) is 10.7. The number of hydrogen-bond donors (Lipinski definition) is 3. The van der Waals surface area contributed by atoms with E-state index in [9.17, 15) is 18.0 Å². The van der Waals surface area contributed by atoms with Gasteiger partial charge in [-0.15, -0.1) is 0 Å². The second kappa shape index (κ2) is 5.12. The summed E-state index contributed by atoms with van der Waals surface area (Å²) < 4.78 is 24.7. The Labute approximate surface area is 116 Å². The monoisotopic (exact) mass is 298 g/mol. The molecule has 0 aliphatic heterocycles. The third-order valence-electron chi connectivity index (χ3n) is 2.92. The molecule has 1 aliphatic carbocycles. The summed E-state index contributed by atoms with van der Waals surface area (Å²) in [5.74, 6) is -2.61. The molecule has 0 radical (unpaired) electrons. The minimum absolute atomic E-state index is 0.246. The number of anilines is 2. The van der Waals surface area contributed by atoms with E-state index >= 15 is 0 Å². The Bertz CT molecular complexity index is 656. The van der Waals surface area contributed by atoms with Crippen molar-refractivity contribution in [3.8, 4) is 0 Å². The molecular formula is C12H14N2O5S. The first-order chi connectivity index (χ1) is 9.28. The van der Waals surface area contributed by atoms with Crippen molar-refractivity contribution in [1.82, 2.24) is 0 Å². The fourth-order valence-electron chi connectivity index (χ4n) is 1.86. The number of amides is 1. The largest absolute Gasteiger partial charge is 0.481 e. The molecule has 0 heterocycles. The summed E-state index contributed by atoms with van der Waals surface area (Å²) in [6, 6.07) is 6.33. The number of nitrogens with one attached hydrogen (secondary N) is 2. The first-order valence-corrected chi connectivity index (χ1v) is 7.77. The molecule has 3 N–H and O–H groups in total. The topological polar surface area (TPSA) is 113 Å². The van der Waals surface area contributed by atoms with Crippen molar-refractivity contribution in [2.24, 2.45) is 11.8 Å². The fourth-order valence-corrected chi connectivity index (χ4v) is 2.44. The Morgan fingerprint density at radius 2 is 1.80 bits per heavy atom. The summed E-state index contributed by atoms with van der Waals surface area (Å²) in [5.41, 5.74) is 0.551. The molecule has 1 aliphatic rings. The van der Waals surface area contributed by atoms with E-state index in [2.05, 4.69) is 10.0 Å². The van der Waals surface area contributed by atoms with Gasteiger partial charge in [0.25, 0.3) is 0 Å². The second-order valence-corrected chi connectivity index (χ2v) is 6.44. The van der Waals surface area contributed by atoms with E-state index in [4.69, 9.17) is 5.11 Å². The highest BCUT2D eigenvalue weighted by molar-refractivity contribution is 7.92. The molecule has 0 aromatic heterocycles. The summed E-state index contributed by atoms with van der Waals surface area (Å²) in [6.45, 7) is 0. The Balaban J connectivity index is 2.10. The Morgan fingerprint density at radius 3 is 2.30 bits per heavy atom. The first kappa shape index (κ1) is 14.3. The van der Waals surface area contributed by atoms with E-state index < -0.39 is 33.7 Å². The molecular weight excluding hydrogens is 284 g/mol. The first-order valence-electron chi connectivity index (χ1n) is 5.88. The third-order valence-corrected chi connectivity index (χ3v) is 3.52. The molecule has 1 saturated carbocycles. The molecule has 20 heavy (non-hydrogen) atoms. The zero-order chi connectivity index (χ0) is 14.9. The quantitative estimate of drug-likeness (QED) is 0.741. The van der Waals surface area contributed by atoms with Crippen molar-refractivity contribution < 1.29 is 23.1 Å². The maximum absolute atomic E-state index is 11.9. The van der Waals surface area contributed by atoms with Gasteiger partial charge in [-0.3, -0.25) is 14.3 Å². The normalized spacial score (nSPS) is 21.1. The SMILES string of the molecule is CS(=O)(=O)Nc1ccccc1NC(=O)[C@@H]1C[C@H]1C(=O)O. The number of rotatable bonds is 5. The minimum Gasteiger partial charge on any atom is -0.481 e. The third kappa shape index (κ3) is 3.47. The molecule has 2 rings (SSSR count). The highest BCUT2D eigenvalue weighted by Gasteiger charge is 2.48. The van der Waals surface area contributed by atoms with E-state index in [1.54, 1.807) is 18.2 Å². The van der Waals surface area contributed by atoms with Crippen molar-refractivity contribution in [3.63, 3.8) is 0 Å². The van der Waals surface area contributed by atoms with Crippen LogP contribution in [0.3, 0.4) is 0 Å². The number of aliphatic carboxylic acids is 1. The fraction of sp³-hybridized carbons (Fsp3) is 0.333. The average Bonchev–Trinajstić information content (AvgIpc) is 3.09. The highest BCUT2D eigenvalue weighted by Crippen LogP contribution is 2.39. The van der Waals surface area contributed by atoms with Gasteiger partial charge in [0.15, 0.2) is 0 Å². The number of sulfonamides is 1. The highest BCUT2D eigenvalue weighted by atomic mass is 32.2. The van der Waals surface area contributed by atoms with Gasteiger partial charge >= 0.3 is 5.97 Å². The minimum atomic E-state index is -3.46. The number of para-hydroxylation sites is 2. The van der Waals surface area contributed by atoms with Crippen molar-refractivity contribution in [2.45, 2.75) is 6.42 Å². The number of carboxylic acid groups (broad SMARTS) is 1. The van der Waals surface area contributed by atoms with Crippen LogP contribution in [0.15, 0.2) is 24.3 Å². The number of hydrogen-bond acceptors (Lipinski definition) is 4. The van der Waals surface area contributed by atoms with Gasteiger partial charge < -0.3 is 10.4 Å². The van der Waals surface area contributed by atoms with Crippen molar-refractivity contribution in [1.29, 1.82) is 0 Å². The van der Waals surface area contributed by atoms with Crippen LogP contribution < -0.4 is 10.0 Å². The van der Waals surface area contributed by atoms with Crippen LogP contribution in [0.2, 0.25) is 0 Å². The molecule has 7 nitrogen and oxygen atoms in total. The predicted molar refractivity (Wildman–Crippen MR) is 72.8 cm³/mol. The number of carbonyl (C=O) groups excluding carboxylic acids is 1. The van der Waals surface area contributed by atoms with Gasteiger partial charge in [0.2, 0.25) is 15.9 Å². The van der Waals surface area contributed by atoms with Crippen LogP contribution in [-0.2, 0) is 19.6 Å². The lowest BCUT2D eigenvalue weighted by Crippen LogP contribution is -2.19. The van der Waals surface area contributed by atoms with Crippen molar-refractivity contribution >= 4 is 33.3 Å². The summed E-state index contributed by atoms with van der Waals surface area (Å²) in [7, 11) is -3.46. The summed E-state index contributed by atoms with van der Waals surface area (Å²) in [6.07, 6.45) is 1.32. The number of carboxylic acids is 1. The van der Waals surface area contributed by atoms with E-state index in [0.717, 1.165) is 6.26 Å². The van der Waals surface area contributed by atoms with Crippen LogP contribution in [-0.4, -0.2) is 31.7 Å². The van der Waals surface area contributed by atoms with Gasteiger partial charge in [-0.25, -0.2) is 8.42 Å². The van der Waals surface area contributed by atoms with Crippen LogP contribution in [0, 0.1) is 11.8 Å². The van der Waals surface area contributed by atoms with Crippen LogP contribution >= 0.6 is 0 Å². The molecule has 1 aromatic rings. The molecule has 1 fully saturated rings. The molecule has 1 amide bonds. The smallest absolute Gasteiger partial charge is 0.307 e. The van der Waals surface area contributed by atoms with E-state index in [0.29, 0.717) is 12.1 Å². The molecule has 0 spiro atoms. The van der Waals surface area contributed by atoms with Gasteiger partial charge in [0.1, 0.15) is 0 Å². The van der Waals surface area contributed by atoms with Crippen LogP contribution in [0.25, 0.3) is 0 Å². The summed E-state index contributed by atoms with van der Waals surface area (Å²) in [4.78, 5) is 22.6. The average molecular weight is 298 g/mol. The molecule has 0 bridgehead atoms. The van der Waals surface area contributed by atoms with Gasteiger partial charge in [0.05, 0.1) is 29.5 Å². The molecule has 0 saturated heterocycles. The van der Waals surface area contributed by atoms with E-state index in [-0.39, 0.29) is 5.69 Å².